The Morgan fingerprint density at radius 3 is 2.21 bits per heavy atom. The molecule has 76 valence electrons. The maximum absolute atomic E-state index is 10.8. The van der Waals surface area contributed by atoms with Crippen LogP contribution in [-0.2, 0) is 9.53 Å². The van der Waals surface area contributed by atoms with E-state index in [1.54, 1.807) is 7.11 Å². The minimum atomic E-state index is -0.436. The molecule has 0 aromatic heterocycles. The van der Waals surface area contributed by atoms with Crippen LogP contribution in [0.1, 0.15) is 28.4 Å². The summed E-state index contributed by atoms with van der Waals surface area (Å²) in [6.07, 6.45) is 0.395. The fourth-order valence-electron chi connectivity index (χ4n) is 1.55. The van der Waals surface area contributed by atoms with E-state index < -0.39 is 6.10 Å². The highest BCUT2D eigenvalue weighted by atomic mass is 16.5. The second kappa shape index (κ2) is 4.38. The van der Waals surface area contributed by atoms with Gasteiger partial charge in [-0.3, -0.25) is 0 Å². The molecule has 0 fully saturated rings. The molecule has 0 aliphatic rings. The number of hydrogen-bond donors (Lipinski definition) is 0. The number of hydrogen-bond acceptors (Lipinski definition) is 2. The fourth-order valence-corrected chi connectivity index (χ4v) is 1.55. The fraction of sp³-hybridized carbons (Fsp3) is 0.417. The number of aldehydes is 1. The van der Waals surface area contributed by atoms with E-state index in [2.05, 4.69) is 13.0 Å². The molecule has 1 unspecified atom stereocenters. The SMILES string of the molecule is COC(C=O)c1cc(C)c(C)cc1C. The van der Waals surface area contributed by atoms with Crippen LogP contribution >= 0.6 is 0 Å². The number of methoxy groups -OCH3 is 1. The van der Waals surface area contributed by atoms with Gasteiger partial charge in [0.1, 0.15) is 6.10 Å². The first-order valence-electron chi connectivity index (χ1n) is 4.66. The number of carbonyl (C=O) groups excluding carboxylic acids is 1. The third-order valence-electron chi connectivity index (χ3n) is 2.57. The van der Waals surface area contributed by atoms with E-state index in [1.807, 2.05) is 19.9 Å². The minimum Gasteiger partial charge on any atom is -0.369 e. The van der Waals surface area contributed by atoms with Crippen molar-refractivity contribution in [1.29, 1.82) is 0 Å². The number of benzene rings is 1. The van der Waals surface area contributed by atoms with Crippen molar-refractivity contribution in [3.05, 3.63) is 34.4 Å². The Kier molecular flexibility index (Phi) is 3.42. The highest BCUT2D eigenvalue weighted by Crippen LogP contribution is 2.22. The van der Waals surface area contributed by atoms with Crippen molar-refractivity contribution in [2.75, 3.05) is 7.11 Å². The highest BCUT2D eigenvalue weighted by Gasteiger charge is 2.12. The largest absolute Gasteiger partial charge is 0.369 e. The van der Waals surface area contributed by atoms with Gasteiger partial charge < -0.3 is 9.53 Å². The molecule has 0 radical (unpaired) electrons. The lowest BCUT2D eigenvalue weighted by atomic mass is 9.98. The molecule has 0 N–H and O–H groups in total. The van der Waals surface area contributed by atoms with E-state index in [9.17, 15) is 4.79 Å². The zero-order chi connectivity index (χ0) is 10.7. The van der Waals surface area contributed by atoms with Crippen molar-refractivity contribution in [3.8, 4) is 0 Å². The average Bonchev–Trinajstić information content (AvgIpc) is 2.15. The Hall–Kier alpha value is -1.15. The third kappa shape index (κ3) is 2.02. The Labute approximate surface area is 84.9 Å². The smallest absolute Gasteiger partial charge is 0.153 e. The van der Waals surface area contributed by atoms with Crippen molar-refractivity contribution < 1.29 is 9.53 Å². The normalized spacial score (nSPS) is 12.6. The van der Waals surface area contributed by atoms with Crippen LogP contribution < -0.4 is 0 Å². The van der Waals surface area contributed by atoms with Crippen molar-refractivity contribution in [2.24, 2.45) is 0 Å². The molecule has 1 atom stereocenters. The molecule has 0 aliphatic carbocycles. The quantitative estimate of drug-likeness (QED) is 0.688. The summed E-state index contributed by atoms with van der Waals surface area (Å²) < 4.78 is 5.09. The molecule has 0 aliphatic heterocycles. The maximum Gasteiger partial charge on any atom is 0.153 e. The predicted molar refractivity (Wildman–Crippen MR) is 56.5 cm³/mol. The predicted octanol–water partition coefficient (Wildman–Crippen LogP) is 2.50. The first kappa shape index (κ1) is 10.9. The van der Waals surface area contributed by atoms with Gasteiger partial charge in [0, 0.05) is 7.11 Å². The minimum absolute atomic E-state index is 0.436. The first-order chi connectivity index (χ1) is 6.60. The number of ether oxygens (including phenoxy) is 1. The van der Waals surface area contributed by atoms with Gasteiger partial charge in [-0.05, 0) is 43.0 Å². The average molecular weight is 192 g/mol. The summed E-state index contributed by atoms with van der Waals surface area (Å²) in [5.41, 5.74) is 4.50. The standard InChI is InChI=1S/C12H16O2/c1-8-5-10(3)11(6-9(8)2)12(7-13)14-4/h5-7,12H,1-4H3. The Morgan fingerprint density at radius 2 is 1.71 bits per heavy atom. The Morgan fingerprint density at radius 1 is 1.14 bits per heavy atom. The molecule has 1 rings (SSSR count). The van der Waals surface area contributed by atoms with Gasteiger partial charge in [0.05, 0.1) is 0 Å². The van der Waals surface area contributed by atoms with E-state index in [1.165, 1.54) is 11.1 Å². The summed E-state index contributed by atoms with van der Waals surface area (Å²) in [6, 6.07) is 4.10. The van der Waals surface area contributed by atoms with Gasteiger partial charge in [0.25, 0.3) is 0 Å². The van der Waals surface area contributed by atoms with Crippen LogP contribution in [0.5, 0.6) is 0 Å². The Balaban J connectivity index is 3.20. The van der Waals surface area contributed by atoms with E-state index in [0.29, 0.717) is 0 Å². The van der Waals surface area contributed by atoms with Crippen LogP contribution in [0.15, 0.2) is 12.1 Å². The third-order valence-corrected chi connectivity index (χ3v) is 2.57. The van der Waals surface area contributed by atoms with Gasteiger partial charge in [-0.2, -0.15) is 0 Å². The zero-order valence-corrected chi connectivity index (χ0v) is 9.13. The molecule has 0 saturated heterocycles. The van der Waals surface area contributed by atoms with E-state index in [-0.39, 0.29) is 0 Å². The van der Waals surface area contributed by atoms with E-state index >= 15 is 0 Å². The van der Waals surface area contributed by atoms with Crippen molar-refractivity contribution in [1.82, 2.24) is 0 Å². The second-order valence-corrected chi connectivity index (χ2v) is 3.59. The molecule has 1 aromatic carbocycles. The van der Waals surface area contributed by atoms with Gasteiger partial charge in [-0.15, -0.1) is 0 Å². The van der Waals surface area contributed by atoms with Crippen molar-refractivity contribution >= 4 is 6.29 Å². The van der Waals surface area contributed by atoms with Crippen LogP contribution in [-0.4, -0.2) is 13.4 Å². The highest BCUT2D eigenvalue weighted by molar-refractivity contribution is 5.61. The van der Waals surface area contributed by atoms with Crippen LogP contribution in [0.25, 0.3) is 0 Å². The van der Waals surface area contributed by atoms with Crippen LogP contribution in [0.2, 0.25) is 0 Å². The summed E-state index contributed by atoms with van der Waals surface area (Å²) in [7, 11) is 1.55. The van der Waals surface area contributed by atoms with Gasteiger partial charge in [-0.25, -0.2) is 0 Å². The molecule has 0 saturated carbocycles. The van der Waals surface area contributed by atoms with E-state index in [0.717, 1.165) is 17.4 Å². The maximum atomic E-state index is 10.8. The lowest BCUT2D eigenvalue weighted by Gasteiger charge is -2.14. The van der Waals surface area contributed by atoms with Gasteiger partial charge in [0.2, 0.25) is 0 Å². The molecule has 14 heavy (non-hydrogen) atoms. The van der Waals surface area contributed by atoms with Gasteiger partial charge in [0.15, 0.2) is 6.29 Å². The summed E-state index contributed by atoms with van der Waals surface area (Å²) in [4.78, 5) is 10.8. The van der Waals surface area contributed by atoms with Gasteiger partial charge >= 0.3 is 0 Å². The molecule has 0 heterocycles. The van der Waals surface area contributed by atoms with Crippen LogP contribution in [0.4, 0.5) is 0 Å². The molecule has 0 bridgehead atoms. The molecule has 2 heteroatoms. The molecule has 0 amide bonds. The van der Waals surface area contributed by atoms with Crippen molar-refractivity contribution in [3.63, 3.8) is 0 Å². The Bertz CT molecular complexity index is 342. The van der Waals surface area contributed by atoms with E-state index in [4.69, 9.17) is 4.74 Å². The zero-order valence-electron chi connectivity index (χ0n) is 9.13. The molecule has 0 spiro atoms. The van der Waals surface area contributed by atoms with Gasteiger partial charge in [-0.1, -0.05) is 12.1 Å². The topological polar surface area (TPSA) is 26.3 Å². The summed E-state index contributed by atoms with van der Waals surface area (Å²) in [5, 5.41) is 0. The van der Waals surface area contributed by atoms with Crippen LogP contribution in [0.3, 0.4) is 0 Å². The lowest BCUT2D eigenvalue weighted by Crippen LogP contribution is -2.05. The lowest BCUT2D eigenvalue weighted by molar-refractivity contribution is -0.116. The monoisotopic (exact) mass is 192 g/mol. The van der Waals surface area contributed by atoms with Crippen LogP contribution in [0, 0.1) is 20.8 Å². The second-order valence-electron chi connectivity index (χ2n) is 3.59. The first-order valence-corrected chi connectivity index (χ1v) is 4.66. The summed E-state index contributed by atoms with van der Waals surface area (Å²) >= 11 is 0. The number of rotatable bonds is 3. The molecular weight excluding hydrogens is 176 g/mol. The molecule has 1 aromatic rings. The number of aryl methyl sites for hydroxylation is 3. The number of carbonyl (C=O) groups is 1. The molecular formula is C12H16O2. The van der Waals surface area contributed by atoms with Crippen molar-refractivity contribution in [2.45, 2.75) is 26.9 Å². The summed E-state index contributed by atoms with van der Waals surface area (Å²) in [5.74, 6) is 0. The summed E-state index contributed by atoms with van der Waals surface area (Å²) in [6.45, 7) is 6.10. The molecule has 2 nitrogen and oxygen atoms in total.